The number of rotatable bonds is 4. The zero-order valence-corrected chi connectivity index (χ0v) is 15.9. The smallest absolute Gasteiger partial charge is 0.411 e. The first-order chi connectivity index (χ1) is 12.1. The van der Waals surface area contributed by atoms with Crippen LogP contribution in [0.3, 0.4) is 0 Å². The van der Waals surface area contributed by atoms with E-state index in [0.29, 0.717) is 13.0 Å². The van der Waals surface area contributed by atoms with Crippen molar-refractivity contribution in [3.8, 4) is 0 Å². The molecule has 6 nitrogen and oxygen atoms in total. The molecule has 1 heterocycles. The molecule has 1 fully saturated rings. The number of nitrogens with zero attached hydrogens (tertiary/aromatic N) is 1. The fraction of sp³-hybridized carbons (Fsp3) is 0.579. The van der Waals surface area contributed by atoms with E-state index in [2.05, 4.69) is 5.32 Å². The van der Waals surface area contributed by atoms with Gasteiger partial charge in [-0.05, 0) is 51.8 Å². The van der Waals surface area contributed by atoms with Crippen LogP contribution in [0.25, 0.3) is 0 Å². The van der Waals surface area contributed by atoms with E-state index in [-0.39, 0.29) is 17.9 Å². The number of esters is 1. The fourth-order valence-electron chi connectivity index (χ4n) is 3.04. The summed E-state index contributed by atoms with van der Waals surface area (Å²) in [4.78, 5) is 26.0. The van der Waals surface area contributed by atoms with Crippen molar-refractivity contribution in [3.05, 3.63) is 35.6 Å². The number of ether oxygens (including phenoxy) is 2. The van der Waals surface area contributed by atoms with Crippen molar-refractivity contribution in [2.45, 2.75) is 57.8 Å². The number of amides is 1. The Kier molecular flexibility index (Phi) is 6.23. The van der Waals surface area contributed by atoms with Gasteiger partial charge < -0.3 is 14.8 Å². The van der Waals surface area contributed by atoms with Gasteiger partial charge in [0, 0.05) is 18.6 Å². The van der Waals surface area contributed by atoms with Gasteiger partial charge in [-0.15, -0.1) is 0 Å². The van der Waals surface area contributed by atoms with E-state index in [1.807, 2.05) is 6.92 Å². The van der Waals surface area contributed by atoms with Gasteiger partial charge in [-0.3, -0.25) is 4.90 Å². The summed E-state index contributed by atoms with van der Waals surface area (Å²) < 4.78 is 23.3. The molecular weight excluding hydrogens is 339 g/mol. The second-order valence-corrected chi connectivity index (χ2v) is 7.54. The van der Waals surface area contributed by atoms with Crippen molar-refractivity contribution in [1.82, 2.24) is 10.2 Å². The molecule has 1 aromatic rings. The maximum Gasteiger partial charge on any atom is 0.411 e. The lowest BCUT2D eigenvalue weighted by Crippen LogP contribution is -2.44. The standard InChI is InChI=1S/C19H27FN2O4/c1-12(13-6-8-14(20)9-7-13)21-15-10-16(17(23)25-5)22(11-15)18(24)26-19(2,3)4/h6-9,12,15-16,21H,10-11H2,1-5H3/t12-,15?,16-/m0/s1. The quantitative estimate of drug-likeness (QED) is 0.830. The molecule has 1 amide bonds. The minimum absolute atomic E-state index is 0.0579. The third-order valence-electron chi connectivity index (χ3n) is 4.26. The van der Waals surface area contributed by atoms with Crippen molar-refractivity contribution >= 4 is 12.1 Å². The minimum atomic E-state index is -0.687. The van der Waals surface area contributed by atoms with Crippen LogP contribution >= 0.6 is 0 Å². The first kappa shape index (κ1) is 20.2. The third kappa shape index (κ3) is 5.17. The molecule has 26 heavy (non-hydrogen) atoms. The van der Waals surface area contributed by atoms with Gasteiger partial charge >= 0.3 is 12.1 Å². The van der Waals surface area contributed by atoms with Crippen molar-refractivity contribution in [2.24, 2.45) is 0 Å². The highest BCUT2D eigenvalue weighted by molar-refractivity contribution is 5.82. The van der Waals surface area contributed by atoms with Gasteiger partial charge in [0.05, 0.1) is 7.11 Å². The monoisotopic (exact) mass is 366 g/mol. The second kappa shape index (κ2) is 8.03. The van der Waals surface area contributed by atoms with Crippen LogP contribution in [-0.2, 0) is 14.3 Å². The van der Waals surface area contributed by atoms with E-state index in [1.165, 1.54) is 24.1 Å². The summed E-state index contributed by atoms with van der Waals surface area (Å²) in [7, 11) is 1.30. The summed E-state index contributed by atoms with van der Waals surface area (Å²) in [5, 5.41) is 3.39. The first-order valence-corrected chi connectivity index (χ1v) is 8.69. The SMILES string of the molecule is COC(=O)[C@@H]1CC(N[C@@H](C)c2ccc(F)cc2)CN1C(=O)OC(C)(C)C. The van der Waals surface area contributed by atoms with Gasteiger partial charge in [0.25, 0.3) is 0 Å². The van der Waals surface area contributed by atoms with Crippen LogP contribution in [0.4, 0.5) is 9.18 Å². The second-order valence-electron chi connectivity index (χ2n) is 7.54. The Morgan fingerprint density at radius 1 is 1.27 bits per heavy atom. The molecule has 144 valence electrons. The molecule has 3 atom stereocenters. The highest BCUT2D eigenvalue weighted by atomic mass is 19.1. The number of benzene rings is 1. The molecule has 0 radical (unpaired) electrons. The van der Waals surface area contributed by atoms with E-state index >= 15 is 0 Å². The number of likely N-dealkylation sites (tertiary alicyclic amines) is 1. The Bertz CT molecular complexity index is 642. The van der Waals surface area contributed by atoms with Crippen molar-refractivity contribution in [1.29, 1.82) is 0 Å². The third-order valence-corrected chi connectivity index (χ3v) is 4.26. The van der Waals surface area contributed by atoms with Gasteiger partial charge in [-0.25, -0.2) is 14.0 Å². The summed E-state index contributed by atoms with van der Waals surface area (Å²) >= 11 is 0. The van der Waals surface area contributed by atoms with Crippen LogP contribution < -0.4 is 5.32 Å². The Balaban J connectivity index is 2.07. The maximum atomic E-state index is 13.1. The number of halogens is 1. The molecule has 1 N–H and O–H groups in total. The molecule has 1 aromatic carbocycles. The zero-order chi connectivity index (χ0) is 19.5. The van der Waals surface area contributed by atoms with Gasteiger partial charge in [-0.1, -0.05) is 12.1 Å². The molecule has 0 spiro atoms. The average molecular weight is 366 g/mol. The number of nitrogens with one attached hydrogen (secondary N) is 1. The van der Waals surface area contributed by atoms with Crippen LogP contribution in [0.1, 0.15) is 45.7 Å². The molecule has 1 saturated heterocycles. The Hall–Kier alpha value is -2.15. The molecule has 1 aliphatic rings. The molecule has 1 unspecified atom stereocenters. The van der Waals surface area contributed by atoms with Gasteiger partial charge in [0.2, 0.25) is 0 Å². The van der Waals surface area contributed by atoms with Crippen LogP contribution in [0.2, 0.25) is 0 Å². The van der Waals surface area contributed by atoms with E-state index < -0.39 is 23.7 Å². The highest BCUT2D eigenvalue weighted by Crippen LogP contribution is 2.24. The number of hydrogen-bond acceptors (Lipinski definition) is 5. The van der Waals surface area contributed by atoms with Crippen LogP contribution in [0, 0.1) is 5.82 Å². The molecule has 7 heteroatoms. The van der Waals surface area contributed by atoms with Crippen LogP contribution in [0.5, 0.6) is 0 Å². The summed E-state index contributed by atoms with van der Waals surface area (Å²) in [6.07, 6.45) is -0.107. The Morgan fingerprint density at radius 2 is 1.88 bits per heavy atom. The van der Waals surface area contributed by atoms with E-state index in [1.54, 1.807) is 32.9 Å². The van der Waals surface area contributed by atoms with E-state index in [4.69, 9.17) is 9.47 Å². The molecular formula is C19H27FN2O4. The first-order valence-electron chi connectivity index (χ1n) is 8.69. The number of methoxy groups -OCH3 is 1. The van der Waals surface area contributed by atoms with Crippen molar-refractivity contribution in [2.75, 3.05) is 13.7 Å². The van der Waals surface area contributed by atoms with Gasteiger partial charge in [0.15, 0.2) is 0 Å². The predicted molar refractivity (Wildman–Crippen MR) is 95.1 cm³/mol. The predicted octanol–water partition coefficient (Wildman–Crippen LogP) is 3.03. The van der Waals surface area contributed by atoms with Gasteiger partial charge in [-0.2, -0.15) is 0 Å². The average Bonchev–Trinajstić information content (AvgIpc) is 2.97. The summed E-state index contributed by atoms with van der Waals surface area (Å²) in [6.45, 7) is 7.62. The molecule has 0 bridgehead atoms. The zero-order valence-electron chi connectivity index (χ0n) is 15.9. The lowest BCUT2D eigenvalue weighted by atomic mass is 10.1. The van der Waals surface area contributed by atoms with E-state index in [0.717, 1.165) is 5.56 Å². The van der Waals surface area contributed by atoms with Crippen LogP contribution in [-0.4, -0.2) is 48.3 Å². The lowest BCUT2D eigenvalue weighted by molar-refractivity contribution is -0.145. The van der Waals surface area contributed by atoms with Gasteiger partial charge in [0.1, 0.15) is 17.5 Å². The molecule has 0 aliphatic carbocycles. The Morgan fingerprint density at radius 3 is 2.42 bits per heavy atom. The molecule has 2 rings (SSSR count). The summed E-state index contributed by atoms with van der Waals surface area (Å²) in [5.74, 6) is -0.752. The summed E-state index contributed by atoms with van der Waals surface area (Å²) in [5.41, 5.74) is 0.279. The van der Waals surface area contributed by atoms with Crippen molar-refractivity contribution < 1.29 is 23.5 Å². The Labute approximate surface area is 153 Å². The minimum Gasteiger partial charge on any atom is -0.467 e. The topological polar surface area (TPSA) is 67.9 Å². The van der Waals surface area contributed by atoms with Crippen LogP contribution in [0.15, 0.2) is 24.3 Å². The number of carbonyl (C=O) groups is 2. The summed E-state index contributed by atoms with van der Waals surface area (Å²) in [6, 6.07) is 5.40. The molecule has 0 aromatic heterocycles. The van der Waals surface area contributed by atoms with Crippen molar-refractivity contribution in [3.63, 3.8) is 0 Å². The molecule has 0 saturated carbocycles. The lowest BCUT2D eigenvalue weighted by Gasteiger charge is -2.27. The highest BCUT2D eigenvalue weighted by Gasteiger charge is 2.42. The number of hydrogen-bond donors (Lipinski definition) is 1. The number of carbonyl (C=O) groups excluding carboxylic acids is 2. The largest absolute Gasteiger partial charge is 0.467 e. The maximum absolute atomic E-state index is 13.1. The van der Waals surface area contributed by atoms with E-state index in [9.17, 15) is 14.0 Å². The normalized spacial score (nSPS) is 21.4. The fourth-order valence-corrected chi connectivity index (χ4v) is 3.04. The molecule has 1 aliphatic heterocycles.